The van der Waals surface area contributed by atoms with E-state index in [1.54, 1.807) is 18.2 Å². The summed E-state index contributed by atoms with van der Waals surface area (Å²) in [5.74, 6) is -0.847. The minimum Gasteiger partial charge on any atom is -0.317 e. The molecule has 0 aromatic heterocycles. The number of benzene rings is 1. The van der Waals surface area contributed by atoms with Crippen molar-refractivity contribution in [1.29, 1.82) is 0 Å². The summed E-state index contributed by atoms with van der Waals surface area (Å²) in [6, 6.07) is 5.08. The van der Waals surface area contributed by atoms with Crippen LogP contribution < -0.4 is 10.2 Å². The van der Waals surface area contributed by atoms with Crippen molar-refractivity contribution in [1.82, 2.24) is 5.32 Å². The van der Waals surface area contributed by atoms with Crippen LogP contribution in [-0.2, 0) is 15.0 Å². The molecule has 136 valence electrons. The molecule has 1 spiro atoms. The van der Waals surface area contributed by atoms with Crippen LogP contribution in [0.5, 0.6) is 0 Å². The molecule has 0 unspecified atom stereocenters. The van der Waals surface area contributed by atoms with Crippen LogP contribution in [0.2, 0.25) is 5.02 Å². The van der Waals surface area contributed by atoms with Crippen molar-refractivity contribution in [2.24, 2.45) is 0 Å². The zero-order chi connectivity index (χ0) is 18.2. The number of nitrogens with zero attached hydrogens (tertiary/aromatic N) is 1. The monoisotopic (exact) mass is 374 g/mol. The van der Waals surface area contributed by atoms with Gasteiger partial charge in [0.15, 0.2) is 5.78 Å². The predicted octanol–water partition coefficient (Wildman–Crippen LogP) is 3.22. The van der Waals surface area contributed by atoms with Gasteiger partial charge in [0.25, 0.3) is 0 Å². The Morgan fingerprint density at radius 1 is 1.28 bits per heavy atom. The highest BCUT2D eigenvalue weighted by atomic mass is 35.5. The molecule has 0 atom stereocenters. The molecular formula is C17H18ClF3N2O2. The first-order valence-electron chi connectivity index (χ1n) is 8.15. The molecule has 1 saturated heterocycles. The molecule has 1 aromatic rings. The highest BCUT2D eigenvalue weighted by Gasteiger charge is 2.52. The summed E-state index contributed by atoms with van der Waals surface area (Å²) in [6.07, 6.45) is -5.09. The van der Waals surface area contributed by atoms with Crippen LogP contribution in [0.4, 0.5) is 18.9 Å². The molecule has 0 saturated carbocycles. The first kappa shape index (κ1) is 18.2. The maximum Gasteiger partial charge on any atom is 0.389 e. The molecule has 3 rings (SSSR count). The standard InChI is InChI=1S/C17H18ClF3N2O2/c18-12-2-1-3-13-14(12)16(6-8-22-9-7-16)15(25)23(13)10-11(24)4-5-17(19,20)21/h1-3,22H,4-10H2. The zero-order valence-corrected chi connectivity index (χ0v) is 14.2. The van der Waals surface area contributed by atoms with E-state index in [4.69, 9.17) is 11.6 Å². The van der Waals surface area contributed by atoms with Gasteiger partial charge in [0, 0.05) is 22.7 Å². The minimum atomic E-state index is -4.39. The Morgan fingerprint density at radius 3 is 2.60 bits per heavy atom. The number of halogens is 4. The number of alkyl halides is 3. The molecule has 0 aliphatic carbocycles. The molecule has 2 aliphatic rings. The number of nitrogens with one attached hydrogen (secondary N) is 1. The number of anilines is 1. The van der Waals surface area contributed by atoms with Gasteiger partial charge < -0.3 is 10.2 Å². The van der Waals surface area contributed by atoms with Gasteiger partial charge >= 0.3 is 6.18 Å². The lowest BCUT2D eigenvalue weighted by molar-refractivity contribution is -0.142. The van der Waals surface area contributed by atoms with Crippen molar-refractivity contribution in [2.75, 3.05) is 24.5 Å². The van der Waals surface area contributed by atoms with Crippen LogP contribution in [0.25, 0.3) is 0 Å². The summed E-state index contributed by atoms with van der Waals surface area (Å²) in [5, 5.41) is 3.65. The topological polar surface area (TPSA) is 49.4 Å². The van der Waals surface area contributed by atoms with Gasteiger partial charge in [-0.25, -0.2) is 0 Å². The molecule has 1 amide bonds. The summed E-state index contributed by atoms with van der Waals surface area (Å²) in [4.78, 5) is 26.4. The molecule has 1 N–H and O–H groups in total. The summed E-state index contributed by atoms with van der Waals surface area (Å²) in [6.45, 7) is 0.940. The van der Waals surface area contributed by atoms with E-state index in [0.717, 1.165) is 0 Å². The van der Waals surface area contributed by atoms with Gasteiger partial charge in [-0.05, 0) is 38.1 Å². The Kier molecular flexibility index (Phi) is 4.81. The predicted molar refractivity (Wildman–Crippen MR) is 87.9 cm³/mol. The van der Waals surface area contributed by atoms with Gasteiger partial charge in [0.2, 0.25) is 5.91 Å². The summed E-state index contributed by atoms with van der Waals surface area (Å²) < 4.78 is 37.0. The Labute approximate surface area is 148 Å². The van der Waals surface area contributed by atoms with Crippen molar-refractivity contribution in [3.8, 4) is 0 Å². The van der Waals surface area contributed by atoms with Gasteiger partial charge in [-0.15, -0.1) is 0 Å². The van der Waals surface area contributed by atoms with Crippen LogP contribution in [0.3, 0.4) is 0 Å². The number of Topliss-reactive ketones (excluding diaryl/α,β-unsaturated/α-hetero) is 1. The zero-order valence-electron chi connectivity index (χ0n) is 13.5. The summed E-state index contributed by atoms with van der Waals surface area (Å²) >= 11 is 6.35. The number of carbonyl (C=O) groups excluding carboxylic acids is 2. The van der Waals surface area contributed by atoms with Crippen molar-refractivity contribution in [3.63, 3.8) is 0 Å². The lowest BCUT2D eigenvalue weighted by Gasteiger charge is -2.33. The molecule has 25 heavy (non-hydrogen) atoms. The molecule has 1 aromatic carbocycles. The van der Waals surface area contributed by atoms with Gasteiger partial charge in [0.05, 0.1) is 18.4 Å². The average Bonchev–Trinajstić information content (AvgIpc) is 2.77. The largest absolute Gasteiger partial charge is 0.389 e. The summed E-state index contributed by atoms with van der Waals surface area (Å²) in [5.41, 5.74) is 0.454. The van der Waals surface area contributed by atoms with Crippen molar-refractivity contribution >= 4 is 29.0 Å². The van der Waals surface area contributed by atoms with E-state index in [0.29, 0.717) is 42.2 Å². The van der Waals surface area contributed by atoms with E-state index in [-0.39, 0.29) is 12.5 Å². The normalized spacial score (nSPS) is 19.4. The third kappa shape index (κ3) is 3.40. The van der Waals surface area contributed by atoms with Crippen molar-refractivity contribution in [3.05, 3.63) is 28.8 Å². The first-order chi connectivity index (χ1) is 11.7. The lowest BCUT2D eigenvalue weighted by atomic mass is 9.74. The van der Waals surface area contributed by atoms with Crippen LogP contribution >= 0.6 is 11.6 Å². The SMILES string of the molecule is O=C(CCC(F)(F)F)CN1C(=O)C2(CCNCC2)c2c(Cl)cccc21. The quantitative estimate of drug-likeness (QED) is 0.880. The Morgan fingerprint density at radius 2 is 1.96 bits per heavy atom. The minimum absolute atomic E-state index is 0.238. The fourth-order valence-corrected chi connectivity index (χ4v) is 4.05. The Bertz CT molecular complexity index is 700. The van der Waals surface area contributed by atoms with E-state index in [9.17, 15) is 22.8 Å². The molecule has 8 heteroatoms. The van der Waals surface area contributed by atoms with Gasteiger partial charge in [-0.2, -0.15) is 13.2 Å². The molecule has 2 heterocycles. The van der Waals surface area contributed by atoms with Crippen molar-refractivity contribution < 1.29 is 22.8 Å². The number of hydrogen-bond donors (Lipinski definition) is 1. The van der Waals surface area contributed by atoms with E-state index in [1.807, 2.05) is 0 Å². The smallest absolute Gasteiger partial charge is 0.317 e. The summed E-state index contributed by atoms with van der Waals surface area (Å²) in [7, 11) is 0. The van der Waals surface area contributed by atoms with Crippen LogP contribution in [0.1, 0.15) is 31.2 Å². The highest BCUT2D eigenvalue weighted by molar-refractivity contribution is 6.33. The van der Waals surface area contributed by atoms with Crippen LogP contribution in [0.15, 0.2) is 18.2 Å². The van der Waals surface area contributed by atoms with E-state index < -0.39 is 30.2 Å². The maximum atomic E-state index is 13.1. The number of hydrogen-bond acceptors (Lipinski definition) is 3. The number of fused-ring (bicyclic) bond motifs is 2. The lowest BCUT2D eigenvalue weighted by Crippen LogP contribution is -2.48. The third-order valence-electron chi connectivity index (χ3n) is 4.89. The third-order valence-corrected chi connectivity index (χ3v) is 5.21. The number of amides is 1. The second-order valence-corrected chi connectivity index (χ2v) is 6.92. The molecule has 2 aliphatic heterocycles. The second kappa shape index (κ2) is 6.61. The van der Waals surface area contributed by atoms with E-state index in [2.05, 4.69) is 5.32 Å². The highest BCUT2D eigenvalue weighted by Crippen LogP contribution is 2.50. The van der Waals surface area contributed by atoms with Crippen molar-refractivity contribution in [2.45, 2.75) is 37.3 Å². The maximum absolute atomic E-state index is 13.1. The van der Waals surface area contributed by atoms with Gasteiger partial charge in [-0.3, -0.25) is 9.59 Å². The first-order valence-corrected chi connectivity index (χ1v) is 8.52. The Hall–Kier alpha value is -1.60. The van der Waals surface area contributed by atoms with E-state index in [1.165, 1.54) is 4.90 Å². The van der Waals surface area contributed by atoms with E-state index >= 15 is 0 Å². The number of rotatable bonds is 4. The molecule has 0 radical (unpaired) electrons. The average molecular weight is 375 g/mol. The molecule has 0 bridgehead atoms. The van der Waals surface area contributed by atoms with Crippen LogP contribution in [-0.4, -0.2) is 37.5 Å². The fraction of sp³-hybridized carbons (Fsp3) is 0.529. The molecule has 4 nitrogen and oxygen atoms in total. The van der Waals surface area contributed by atoms with Gasteiger partial charge in [-0.1, -0.05) is 17.7 Å². The number of ketones is 1. The molecule has 1 fully saturated rings. The number of piperidine rings is 1. The Balaban J connectivity index is 1.88. The number of carbonyl (C=O) groups is 2. The fourth-order valence-electron chi connectivity index (χ4n) is 3.70. The second-order valence-electron chi connectivity index (χ2n) is 6.51. The molecular weight excluding hydrogens is 357 g/mol. The van der Waals surface area contributed by atoms with Gasteiger partial charge in [0.1, 0.15) is 0 Å². The van der Waals surface area contributed by atoms with Crippen LogP contribution in [0, 0.1) is 0 Å².